The van der Waals surface area contributed by atoms with Gasteiger partial charge in [0.1, 0.15) is 5.75 Å². The van der Waals surface area contributed by atoms with Gasteiger partial charge in [0.15, 0.2) is 6.10 Å². The third kappa shape index (κ3) is 4.73. The van der Waals surface area contributed by atoms with Crippen LogP contribution in [-0.4, -0.2) is 25.1 Å². The molecule has 0 aromatic heterocycles. The van der Waals surface area contributed by atoms with Gasteiger partial charge in [-0.1, -0.05) is 23.8 Å². The van der Waals surface area contributed by atoms with Crippen LogP contribution in [0.4, 0.5) is 5.69 Å². The molecular formula is C17H20ClNO4. The zero-order valence-corrected chi connectivity index (χ0v) is 13.9. The van der Waals surface area contributed by atoms with Crippen LogP contribution < -0.4 is 10.1 Å². The quantitative estimate of drug-likeness (QED) is 0.659. The maximum atomic E-state index is 12.2. The molecule has 23 heavy (non-hydrogen) atoms. The molecule has 1 aliphatic rings. The molecule has 0 unspecified atom stereocenters. The predicted octanol–water partition coefficient (Wildman–Crippen LogP) is 3.58. The minimum Gasteiger partial charge on any atom is -0.495 e. The minimum atomic E-state index is -0.892. The number of carbonyl (C=O) groups is 2. The van der Waals surface area contributed by atoms with E-state index in [0.29, 0.717) is 22.9 Å². The number of halogens is 1. The molecule has 2 rings (SSSR count). The molecule has 0 bridgehead atoms. The Hall–Kier alpha value is -2.01. The number of carbonyl (C=O) groups excluding carboxylic acids is 2. The largest absolute Gasteiger partial charge is 0.495 e. The molecule has 0 aliphatic heterocycles. The number of nitrogens with one attached hydrogen (secondary N) is 1. The number of rotatable bonds is 5. The van der Waals surface area contributed by atoms with Crippen molar-refractivity contribution in [3.05, 3.63) is 35.4 Å². The first-order valence-electron chi connectivity index (χ1n) is 7.51. The van der Waals surface area contributed by atoms with Gasteiger partial charge in [0.05, 0.1) is 18.7 Å². The van der Waals surface area contributed by atoms with E-state index < -0.39 is 12.0 Å². The zero-order valence-electron chi connectivity index (χ0n) is 13.2. The van der Waals surface area contributed by atoms with Crippen LogP contribution >= 0.6 is 11.6 Å². The number of benzene rings is 1. The SMILES string of the molecule is COc1ccc(Cl)cc1NC(=O)[C@H](C)OC(=O)[C@H]1CC=CCC1. The molecule has 6 heteroatoms. The van der Waals surface area contributed by atoms with Crippen molar-refractivity contribution < 1.29 is 19.1 Å². The Balaban J connectivity index is 1.96. The summed E-state index contributed by atoms with van der Waals surface area (Å²) in [4.78, 5) is 24.3. The molecule has 5 nitrogen and oxygen atoms in total. The lowest BCUT2D eigenvalue weighted by atomic mass is 9.95. The summed E-state index contributed by atoms with van der Waals surface area (Å²) in [5.41, 5.74) is 0.438. The number of allylic oxidation sites excluding steroid dienone is 2. The maximum Gasteiger partial charge on any atom is 0.310 e. The van der Waals surface area contributed by atoms with Crippen LogP contribution in [0.25, 0.3) is 0 Å². The highest BCUT2D eigenvalue weighted by molar-refractivity contribution is 6.31. The zero-order chi connectivity index (χ0) is 16.8. The second kappa shape index (κ2) is 8.02. The summed E-state index contributed by atoms with van der Waals surface area (Å²) in [5, 5.41) is 3.14. The van der Waals surface area contributed by atoms with E-state index in [1.165, 1.54) is 7.11 Å². The van der Waals surface area contributed by atoms with E-state index in [4.69, 9.17) is 21.1 Å². The lowest BCUT2D eigenvalue weighted by Gasteiger charge is -2.20. The van der Waals surface area contributed by atoms with Crippen LogP contribution in [0, 0.1) is 5.92 Å². The monoisotopic (exact) mass is 337 g/mol. The van der Waals surface area contributed by atoms with E-state index in [9.17, 15) is 9.59 Å². The highest BCUT2D eigenvalue weighted by Gasteiger charge is 2.25. The number of amides is 1. The highest BCUT2D eigenvalue weighted by Crippen LogP contribution is 2.28. The lowest BCUT2D eigenvalue weighted by Crippen LogP contribution is -2.32. The fourth-order valence-electron chi connectivity index (χ4n) is 2.34. The fourth-order valence-corrected chi connectivity index (χ4v) is 2.52. The van der Waals surface area contributed by atoms with Crippen LogP contribution in [-0.2, 0) is 14.3 Å². The van der Waals surface area contributed by atoms with E-state index in [1.54, 1.807) is 25.1 Å². The summed E-state index contributed by atoms with van der Waals surface area (Å²) >= 11 is 5.92. The smallest absolute Gasteiger partial charge is 0.310 e. The Morgan fingerprint density at radius 2 is 2.13 bits per heavy atom. The Kier molecular flexibility index (Phi) is 6.04. The molecular weight excluding hydrogens is 318 g/mol. The van der Waals surface area contributed by atoms with Gasteiger partial charge in [-0.15, -0.1) is 0 Å². The summed E-state index contributed by atoms with van der Waals surface area (Å²) < 4.78 is 10.4. The Morgan fingerprint density at radius 1 is 1.35 bits per heavy atom. The maximum absolute atomic E-state index is 12.2. The molecule has 0 saturated carbocycles. The summed E-state index contributed by atoms with van der Waals surface area (Å²) in [6.45, 7) is 1.54. The second-order valence-corrected chi connectivity index (χ2v) is 5.83. The normalized spacial score (nSPS) is 18.1. The van der Waals surface area contributed by atoms with E-state index in [1.807, 2.05) is 12.2 Å². The summed E-state index contributed by atoms with van der Waals surface area (Å²) in [5.74, 6) is -0.449. The number of hydrogen-bond acceptors (Lipinski definition) is 4. The number of esters is 1. The molecule has 1 aromatic rings. The lowest BCUT2D eigenvalue weighted by molar-refractivity contribution is -0.157. The van der Waals surface area contributed by atoms with E-state index in [0.717, 1.165) is 12.8 Å². The van der Waals surface area contributed by atoms with Crippen LogP contribution in [0.15, 0.2) is 30.4 Å². The second-order valence-electron chi connectivity index (χ2n) is 5.39. The molecule has 1 amide bonds. The Bertz CT molecular complexity index is 615. The van der Waals surface area contributed by atoms with Crippen LogP contribution in [0.3, 0.4) is 0 Å². The molecule has 1 N–H and O–H groups in total. The van der Waals surface area contributed by atoms with Crippen LogP contribution in [0.5, 0.6) is 5.75 Å². The molecule has 0 fully saturated rings. The van der Waals surface area contributed by atoms with E-state index in [-0.39, 0.29) is 11.9 Å². The first-order valence-corrected chi connectivity index (χ1v) is 7.89. The molecule has 1 aliphatic carbocycles. The predicted molar refractivity (Wildman–Crippen MR) is 88.7 cm³/mol. The van der Waals surface area contributed by atoms with Gasteiger partial charge in [-0.25, -0.2) is 0 Å². The highest BCUT2D eigenvalue weighted by atomic mass is 35.5. The first-order chi connectivity index (χ1) is 11.0. The molecule has 0 spiro atoms. The average Bonchev–Trinajstić information content (AvgIpc) is 2.55. The molecule has 0 heterocycles. The van der Waals surface area contributed by atoms with Crippen molar-refractivity contribution in [1.82, 2.24) is 0 Å². The van der Waals surface area contributed by atoms with Crippen molar-refractivity contribution in [2.24, 2.45) is 5.92 Å². The number of hydrogen-bond donors (Lipinski definition) is 1. The number of ether oxygens (including phenoxy) is 2. The topological polar surface area (TPSA) is 64.6 Å². The van der Waals surface area contributed by atoms with Gasteiger partial charge in [0, 0.05) is 5.02 Å². The third-order valence-electron chi connectivity index (χ3n) is 3.68. The van der Waals surface area contributed by atoms with Gasteiger partial charge in [0.25, 0.3) is 5.91 Å². The van der Waals surface area contributed by atoms with Gasteiger partial charge in [-0.05, 0) is 44.4 Å². The van der Waals surface area contributed by atoms with Crippen molar-refractivity contribution in [3.63, 3.8) is 0 Å². The van der Waals surface area contributed by atoms with Crippen LogP contribution in [0.2, 0.25) is 5.02 Å². The van der Waals surface area contributed by atoms with Gasteiger partial charge in [-0.2, -0.15) is 0 Å². The van der Waals surface area contributed by atoms with E-state index >= 15 is 0 Å². The van der Waals surface area contributed by atoms with Gasteiger partial charge in [-0.3, -0.25) is 9.59 Å². The van der Waals surface area contributed by atoms with Crippen molar-refractivity contribution in [2.45, 2.75) is 32.3 Å². The van der Waals surface area contributed by atoms with E-state index in [2.05, 4.69) is 5.32 Å². The van der Waals surface area contributed by atoms with Crippen molar-refractivity contribution >= 4 is 29.2 Å². The third-order valence-corrected chi connectivity index (χ3v) is 3.92. The summed E-state index contributed by atoms with van der Waals surface area (Å²) in [6.07, 6.45) is 5.40. The fraction of sp³-hybridized carbons (Fsp3) is 0.412. The Morgan fingerprint density at radius 3 is 2.78 bits per heavy atom. The van der Waals surface area contributed by atoms with Gasteiger partial charge in [0.2, 0.25) is 0 Å². The summed E-state index contributed by atoms with van der Waals surface area (Å²) in [6, 6.07) is 4.90. The minimum absolute atomic E-state index is 0.170. The molecule has 1 aromatic carbocycles. The van der Waals surface area contributed by atoms with Gasteiger partial charge >= 0.3 is 5.97 Å². The number of anilines is 1. The van der Waals surface area contributed by atoms with Crippen molar-refractivity contribution in [3.8, 4) is 5.75 Å². The molecule has 0 saturated heterocycles. The van der Waals surface area contributed by atoms with Crippen molar-refractivity contribution in [1.29, 1.82) is 0 Å². The molecule has 124 valence electrons. The Labute approximate surface area is 140 Å². The first kappa shape index (κ1) is 17.3. The standard InChI is InChI=1S/C17H20ClNO4/c1-11(23-17(21)12-6-4-3-5-7-12)16(20)19-14-10-13(18)8-9-15(14)22-2/h3-4,8-12H,5-7H2,1-2H3,(H,19,20)/t11-,12-/m0/s1. The molecule has 2 atom stereocenters. The average molecular weight is 338 g/mol. The number of methoxy groups -OCH3 is 1. The van der Waals surface area contributed by atoms with Crippen molar-refractivity contribution in [2.75, 3.05) is 12.4 Å². The molecule has 0 radical (unpaired) electrons. The van der Waals surface area contributed by atoms with Gasteiger partial charge < -0.3 is 14.8 Å². The van der Waals surface area contributed by atoms with Crippen LogP contribution in [0.1, 0.15) is 26.2 Å². The summed E-state index contributed by atoms with van der Waals surface area (Å²) in [7, 11) is 1.50.